The molecular formula is C13H22N4O. The summed E-state index contributed by atoms with van der Waals surface area (Å²) in [5.41, 5.74) is 5.99. The summed E-state index contributed by atoms with van der Waals surface area (Å²) >= 11 is 0. The Balaban J connectivity index is 1.79. The number of hydrogen-bond acceptors (Lipinski definition) is 4. The fourth-order valence-electron chi connectivity index (χ4n) is 2.93. The molecule has 1 amide bonds. The molecular weight excluding hydrogens is 228 g/mol. The fourth-order valence-corrected chi connectivity index (χ4v) is 2.93. The highest BCUT2D eigenvalue weighted by atomic mass is 16.2. The average molecular weight is 250 g/mol. The predicted molar refractivity (Wildman–Crippen MR) is 68.6 cm³/mol. The number of carbonyl (C=O) groups excluding carboxylic acids is 1. The summed E-state index contributed by atoms with van der Waals surface area (Å²) in [5.74, 6) is 0.301. The summed E-state index contributed by atoms with van der Waals surface area (Å²) in [6.45, 7) is 4.16. The molecule has 0 radical (unpaired) electrons. The van der Waals surface area contributed by atoms with Gasteiger partial charge in [0.15, 0.2) is 0 Å². The van der Waals surface area contributed by atoms with E-state index in [1.807, 2.05) is 4.90 Å². The highest BCUT2D eigenvalue weighted by molar-refractivity contribution is 5.80. The third kappa shape index (κ3) is 3.01. The molecule has 1 aliphatic heterocycles. The van der Waals surface area contributed by atoms with Crippen LogP contribution < -0.4 is 5.73 Å². The quantitative estimate of drug-likeness (QED) is 0.775. The molecule has 0 aromatic heterocycles. The van der Waals surface area contributed by atoms with E-state index in [9.17, 15) is 4.79 Å². The van der Waals surface area contributed by atoms with Crippen molar-refractivity contribution in [3.05, 3.63) is 0 Å². The minimum absolute atomic E-state index is 0.0515. The Morgan fingerprint density at radius 2 is 2.00 bits per heavy atom. The van der Waals surface area contributed by atoms with Crippen LogP contribution in [-0.2, 0) is 4.79 Å². The molecule has 0 bridgehead atoms. The van der Waals surface area contributed by atoms with Crippen molar-refractivity contribution in [2.45, 2.75) is 31.7 Å². The molecule has 2 rings (SSSR count). The summed E-state index contributed by atoms with van der Waals surface area (Å²) in [6.07, 6.45) is 3.59. The maximum absolute atomic E-state index is 12.3. The van der Waals surface area contributed by atoms with Gasteiger partial charge in [-0.1, -0.05) is 6.42 Å². The van der Waals surface area contributed by atoms with Gasteiger partial charge in [-0.15, -0.1) is 0 Å². The Morgan fingerprint density at radius 1 is 1.28 bits per heavy atom. The number of piperazine rings is 1. The van der Waals surface area contributed by atoms with Crippen molar-refractivity contribution in [1.82, 2.24) is 9.80 Å². The lowest BCUT2D eigenvalue weighted by atomic mass is 10.0. The van der Waals surface area contributed by atoms with Gasteiger partial charge < -0.3 is 10.6 Å². The molecule has 1 heterocycles. The number of amides is 1. The first-order chi connectivity index (χ1) is 8.72. The molecule has 1 aliphatic carbocycles. The minimum Gasteiger partial charge on any atom is -0.340 e. The van der Waals surface area contributed by atoms with Crippen LogP contribution in [0.1, 0.15) is 25.7 Å². The van der Waals surface area contributed by atoms with Crippen LogP contribution in [0.3, 0.4) is 0 Å². The lowest BCUT2D eigenvalue weighted by Gasteiger charge is -2.36. The van der Waals surface area contributed by atoms with E-state index in [1.54, 1.807) is 0 Å². The van der Waals surface area contributed by atoms with Crippen LogP contribution in [0.4, 0.5) is 0 Å². The second-order valence-electron chi connectivity index (χ2n) is 5.28. The van der Waals surface area contributed by atoms with Gasteiger partial charge in [-0.25, -0.2) is 0 Å². The van der Waals surface area contributed by atoms with Gasteiger partial charge in [0.05, 0.1) is 12.0 Å². The molecule has 18 heavy (non-hydrogen) atoms. The smallest absolute Gasteiger partial charge is 0.227 e. The third-order valence-electron chi connectivity index (χ3n) is 4.11. The first-order valence-corrected chi connectivity index (χ1v) is 6.86. The van der Waals surface area contributed by atoms with Gasteiger partial charge in [0.25, 0.3) is 0 Å². The molecule has 0 aromatic rings. The SMILES string of the molecule is N#CCCN1CCN(C(=O)C2CCCC2N)CC1. The van der Waals surface area contributed by atoms with Crippen LogP contribution in [0.15, 0.2) is 0 Å². The normalized spacial score (nSPS) is 29.2. The van der Waals surface area contributed by atoms with Gasteiger partial charge in [-0.2, -0.15) is 5.26 Å². The van der Waals surface area contributed by atoms with Crippen LogP contribution in [-0.4, -0.2) is 54.5 Å². The maximum Gasteiger partial charge on any atom is 0.227 e. The first-order valence-electron chi connectivity index (χ1n) is 6.86. The molecule has 2 fully saturated rings. The molecule has 2 aliphatic rings. The Hall–Kier alpha value is -1.12. The van der Waals surface area contributed by atoms with E-state index in [4.69, 9.17) is 11.0 Å². The Morgan fingerprint density at radius 3 is 2.56 bits per heavy atom. The highest BCUT2D eigenvalue weighted by Gasteiger charge is 2.34. The van der Waals surface area contributed by atoms with Crippen LogP contribution in [0, 0.1) is 17.2 Å². The lowest BCUT2D eigenvalue weighted by Crippen LogP contribution is -2.51. The number of nitrogens with zero attached hydrogens (tertiary/aromatic N) is 3. The largest absolute Gasteiger partial charge is 0.340 e. The van der Waals surface area contributed by atoms with E-state index in [2.05, 4.69) is 11.0 Å². The zero-order valence-electron chi connectivity index (χ0n) is 10.8. The summed E-state index contributed by atoms with van der Waals surface area (Å²) in [6, 6.07) is 2.22. The highest BCUT2D eigenvalue weighted by Crippen LogP contribution is 2.26. The fraction of sp³-hybridized carbons (Fsp3) is 0.846. The van der Waals surface area contributed by atoms with Crippen molar-refractivity contribution < 1.29 is 4.79 Å². The standard InChI is InChI=1S/C13H22N4O/c14-5-2-6-16-7-9-17(10-8-16)13(18)11-3-1-4-12(11)15/h11-12H,1-4,6-10,15H2. The summed E-state index contributed by atoms with van der Waals surface area (Å²) in [7, 11) is 0. The van der Waals surface area contributed by atoms with Gasteiger partial charge in [0.1, 0.15) is 0 Å². The molecule has 0 spiro atoms. The van der Waals surface area contributed by atoms with Crippen molar-refractivity contribution in [2.24, 2.45) is 11.7 Å². The number of nitrogens with two attached hydrogens (primary N) is 1. The van der Waals surface area contributed by atoms with Crippen LogP contribution in [0.2, 0.25) is 0 Å². The molecule has 2 N–H and O–H groups in total. The molecule has 1 saturated carbocycles. The van der Waals surface area contributed by atoms with E-state index in [0.29, 0.717) is 6.42 Å². The third-order valence-corrected chi connectivity index (χ3v) is 4.11. The van der Waals surface area contributed by atoms with E-state index >= 15 is 0 Å². The monoisotopic (exact) mass is 250 g/mol. The van der Waals surface area contributed by atoms with Crippen molar-refractivity contribution in [3.63, 3.8) is 0 Å². The van der Waals surface area contributed by atoms with Crippen molar-refractivity contribution >= 4 is 5.91 Å². The van der Waals surface area contributed by atoms with E-state index in [0.717, 1.165) is 52.0 Å². The van der Waals surface area contributed by atoms with Crippen LogP contribution in [0.25, 0.3) is 0 Å². The lowest BCUT2D eigenvalue weighted by molar-refractivity contribution is -0.137. The minimum atomic E-state index is 0.0515. The van der Waals surface area contributed by atoms with Crippen molar-refractivity contribution in [3.8, 4) is 6.07 Å². The predicted octanol–water partition coefficient (Wildman–Crippen LogP) is 0.172. The first kappa shape index (κ1) is 13.3. The number of nitriles is 1. The molecule has 5 heteroatoms. The van der Waals surface area contributed by atoms with E-state index in [-0.39, 0.29) is 17.9 Å². The van der Waals surface area contributed by atoms with Gasteiger partial charge in [-0.05, 0) is 12.8 Å². The number of rotatable bonds is 3. The Kier molecular flexibility index (Phi) is 4.56. The van der Waals surface area contributed by atoms with Gasteiger partial charge in [0, 0.05) is 45.2 Å². The molecule has 5 nitrogen and oxygen atoms in total. The van der Waals surface area contributed by atoms with E-state index < -0.39 is 0 Å². The second-order valence-corrected chi connectivity index (χ2v) is 5.28. The second kappa shape index (κ2) is 6.17. The molecule has 100 valence electrons. The Labute approximate surface area is 109 Å². The summed E-state index contributed by atoms with van der Waals surface area (Å²) in [5, 5.41) is 8.55. The van der Waals surface area contributed by atoms with E-state index in [1.165, 1.54) is 0 Å². The summed E-state index contributed by atoms with van der Waals surface area (Å²) < 4.78 is 0. The molecule has 0 aromatic carbocycles. The number of hydrogen-bond donors (Lipinski definition) is 1. The molecule has 2 atom stereocenters. The topological polar surface area (TPSA) is 73.4 Å². The van der Waals surface area contributed by atoms with Crippen molar-refractivity contribution in [2.75, 3.05) is 32.7 Å². The van der Waals surface area contributed by atoms with Crippen LogP contribution in [0.5, 0.6) is 0 Å². The van der Waals surface area contributed by atoms with Gasteiger partial charge in [0.2, 0.25) is 5.91 Å². The Bertz CT molecular complexity index is 330. The van der Waals surface area contributed by atoms with Gasteiger partial charge in [-0.3, -0.25) is 9.69 Å². The molecule has 2 unspecified atom stereocenters. The van der Waals surface area contributed by atoms with Crippen molar-refractivity contribution in [1.29, 1.82) is 5.26 Å². The summed E-state index contributed by atoms with van der Waals surface area (Å²) in [4.78, 5) is 16.5. The molecule has 1 saturated heterocycles. The average Bonchev–Trinajstić information content (AvgIpc) is 2.82. The zero-order valence-corrected chi connectivity index (χ0v) is 10.8. The van der Waals surface area contributed by atoms with Gasteiger partial charge >= 0.3 is 0 Å². The van der Waals surface area contributed by atoms with Crippen LogP contribution >= 0.6 is 0 Å². The zero-order chi connectivity index (χ0) is 13.0. The maximum atomic E-state index is 12.3. The number of carbonyl (C=O) groups is 1.